The zero-order chi connectivity index (χ0) is 27.8. The first-order valence-corrected chi connectivity index (χ1v) is 14.8. The van der Waals surface area contributed by atoms with Gasteiger partial charge in [-0.1, -0.05) is 13.8 Å². The lowest BCUT2D eigenvalue weighted by Gasteiger charge is -2.27. The topological polar surface area (TPSA) is 146 Å². The highest BCUT2D eigenvalue weighted by molar-refractivity contribution is 7.90. The van der Waals surface area contributed by atoms with Crippen LogP contribution in [0.3, 0.4) is 0 Å². The smallest absolute Gasteiger partial charge is 0.340 e. The maximum absolute atomic E-state index is 12.3. The summed E-state index contributed by atoms with van der Waals surface area (Å²) >= 11 is 0. The summed E-state index contributed by atoms with van der Waals surface area (Å²) in [4.78, 5) is 26.0. The summed E-state index contributed by atoms with van der Waals surface area (Å²) in [5, 5.41) is 4.74. The number of anilines is 2. The second kappa shape index (κ2) is 10.5. The van der Waals surface area contributed by atoms with Crippen LogP contribution in [0.25, 0.3) is 10.8 Å². The van der Waals surface area contributed by atoms with Gasteiger partial charge >= 0.3 is 5.97 Å². The van der Waals surface area contributed by atoms with E-state index in [0.29, 0.717) is 47.0 Å². The van der Waals surface area contributed by atoms with Crippen molar-refractivity contribution in [3.8, 4) is 5.88 Å². The molecule has 0 bridgehead atoms. The van der Waals surface area contributed by atoms with Crippen LogP contribution in [-0.2, 0) is 20.1 Å². The Morgan fingerprint density at radius 1 is 1.18 bits per heavy atom. The normalized spacial score (nSPS) is 19.8. The average Bonchev–Trinajstić information content (AvgIpc) is 2.85. The molecule has 11 heteroatoms. The van der Waals surface area contributed by atoms with E-state index >= 15 is 0 Å². The van der Waals surface area contributed by atoms with E-state index in [9.17, 15) is 13.2 Å². The van der Waals surface area contributed by atoms with Crippen molar-refractivity contribution >= 4 is 38.2 Å². The third-order valence-electron chi connectivity index (χ3n) is 7.12. The molecule has 0 fully saturated rings. The van der Waals surface area contributed by atoms with Crippen LogP contribution < -0.4 is 15.8 Å². The van der Waals surface area contributed by atoms with Gasteiger partial charge < -0.3 is 20.5 Å². The number of aromatic nitrogens is 3. The van der Waals surface area contributed by atoms with E-state index in [4.69, 9.17) is 20.2 Å². The van der Waals surface area contributed by atoms with Crippen LogP contribution in [0.4, 0.5) is 11.6 Å². The van der Waals surface area contributed by atoms with Gasteiger partial charge in [0.05, 0.1) is 28.5 Å². The summed E-state index contributed by atoms with van der Waals surface area (Å²) in [5.41, 5.74) is 7.96. The van der Waals surface area contributed by atoms with Crippen molar-refractivity contribution in [2.45, 2.75) is 71.1 Å². The van der Waals surface area contributed by atoms with Gasteiger partial charge in [0, 0.05) is 30.1 Å². The molecule has 10 nitrogen and oxygen atoms in total. The minimum absolute atomic E-state index is 0.0239. The number of carbonyl (C=O) groups excluding carboxylic acids is 1. The van der Waals surface area contributed by atoms with Crippen molar-refractivity contribution in [1.82, 2.24) is 15.0 Å². The largest absolute Gasteiger partial charge is 0.474 e. The molecule has 1 aliphatic heterocycles. The van der Waals surface area contributed by atoms with Crippen LogP contribution in [-0.4, -0.2) is 53.6 Å². The van der Waals surface area contributed by atoms with E-state index in [-0.39, 0.29) is 29.8 Å². The van der Waals surface area contributed by atoms with Gasteiger partial charge in [-0.3, -0.25) is 0 Å². The number of esters is 1. The molecule has 4 heterocycles. The second-order valence-electron chi connectivity index (χ2n) is 10.4. The average molecular weight is 542 g/mol. The first-order valence-electron chi connectivity index (χ1n) is 12.7. The lowest BCUT2D eigenvalue weighted by atomic mass is 9.88. The highest BCUT2D eigenvalue weighted by Crippen LogP contribution is 2.35. The molecule has 0 aromatic carbocycles. The van der Waals surface area contributed by atoms with Gasteiger partial charge in [-0.15, -0.1) is 0 Å². The molecular weight excluding hydrogens is 506 g/mol. The molecule has 0 aliphatic carbocycles. The van der Waals surface area contributed by atoms with Crippen molar-refractivity contribution in [2.24, 2.45) is 5.73 Å². The molecule has 0 amide bonds. The summed E-state index contributed by atoms with van der Waals surface area (Å²) < 4.78 is 34.6. The third kappa shape index (κ3) is 5.88. The third-order valence-corrected chi connectivity index (χ3v) is 8.10. The number of nitrogens with two attached hydrogens (primary N) is 1. The van der Waals surface area contributed by atoms with Crippen LogP contribution in [0.2, 0.25) is 0 Å². The molecule has 4 atom stereocenters. The molecule has 3 aromatic rings. The van der Waals surface area contributed by atoms with Crippen LogP contribution in [0.15, 0.2) is 30.6 Å². The molecule has 0 spiro atoms. The summed E-state index contributed by atoms with van der Waals surface area (Å²) in [7, 11) is -3.10. The lowest BCUT2D eigenvalue weighted by Crippen LogP contribution is -2.32. The predicted octanol–water partition coefficient (Wildman–Crippen LogP) is 4.22. The first-order chi connectivity index (χ1) is 17.8. The number of hydrogen-bond donors (Lipinski definition) is 2. The van der Waals surface area contributed by atoms with Crippen molar-refractivity contribution in [3.63, 3.8) is 0 Å². The van der Waals surface area contributed by atoms with Gasteiger partial charge in [-0.25, -0.2) is 28.2 Å². The summed E-state index contributed by atoms with van der Waals surface area (Å²) in [5.74, 6) is 1.07. The molecule has 0 saturated carbocycles. The predicted molar refractivity (Wildman–Crippen MR) is 147 cm³/mol. The maximum atomic E-state index is 12.3. The number of nitrogens with zero attached hydrogens (tertiary/aromatic N) is 3. The number of sulfone groups is 1. The van der Waals surface area contributed by atoms with Crippen molar-refractivity contribution in [2.75, 3.05) is 17.3 Å². The number of rotatable bonds is 9. The summed E-state index contributed by atoms with van der Waals surface area (Å²) in [6.07, 6.45) is 4.97. The summed E-state index contributed by atoms with van der Waals surface area (Å²) in [6.45, 7) is 9.60. The Morgan fingerprint density at radius 2 is 1.92 bits per heavy atom. The summed E-state index contributed by atoms with van der Waals surface area (Å²) in [6, 6.07) is 5.31. The van der Waals surface area contributed by atoms with E-state index in [0.717, 1.165) is 10.9 Å². The fourth-order valence-electron chi connectivity index (χ4n) is 4.30. The van der Waals surface area contributed by atoms with Crippen LogP contribution in [0.1, 0.15) is 75.0 Å². The minimum Gasteiger partial charge on any atom is -0.474 e. The monoisotopic (exact) mass is 541 g/mol. The number of ether oxygens (including phenoxy) is 2. The van der Waals surface area contributed by atoms with E-state index in [2.05, 4.69) is 15.3 Å². The second-order valence-corrected chi connectivity index (χ2v) is 12.6. The Balaban J connectivity index is 1.70. The first kappa shape index (κ1) is 27.7. The zero-order valence-electron chi connectivity index (χ0n) is 22.6. The van der Waals surface area contributed by atoms with Gasteiger partial charge in [-0.2, -0.15) is 0 Å². The number of pyridine rings is 3. The molecule has 3 N–H and O–H groups in total. The van der Waals surface area contributed by atoms with E-state index in [1.807, 2.05) is 40.7 Å². The van der Waals surface area contributed by atoms with Crippen LogP contribution in [0, 0.1) is 0 Å². The van der Waals surface area contributed by atoms with Gasteiger partial charge in [-0.05, 0) is 62.8 Å². The van der Waals surface area contributed by atoms with E-state index < -0.39 is 15.4 Å². The number of hydrogen-bond acceptors (Lipinski definition) is 10. The molecule has 1 aliphatic rings. The molecular formula is C27H35N5O5S. The quantitative estimate of drug-likeness (QED) is 0.377. The molecule has 4 rings (SSSR count). The molecule has 1 unspecified atom stereocenters. The number of nitrogens with one attached hydrogen (secondary N) is 1. The van der Waals surface area contributed by atoms with Crippen molar-refractivity contribution in [1.29, 1.82) is 0 Å². The maximum Gasteiger partial charge on any atom is 0.340 e. The number of fused-ring (bicyclic) bond motifs is 2. The van der Waals surface area contributed by atoms with Crippen molar-refractivity contribution in [3.05, 3.63) is 47.4 Å². The van der Waals surface area contributed by atoms with Gasteiger partial charge in [0.1, 0.15) is 27.6 Å². The molecule has 204 valence electrons. The Kier molecular flexibility index (Phi) is 7.62. The zero-order valence-corrected chi connectivity index (χ0v) is 23.4. The standard InChI is InChI=1S/C27H35N5O5S/c1-7-27(5,28)21-14-30-25(36-15(2)10-11-38(6,34)35)20-13-29-23(12-19(20)21)31-22-9-8-18-24(32-22)16(3)17(4)37-26(18)33/h8-9,12-17H,7,10-11,28H2,1-6H3,(H,29,31,32)/t15-,16+,17-,27?/m0/s1. The Bertz CT molecular complexity index is 1470. The number of cyclic esters (lactones) is 1. The fourth-order valence-corrected chi connectivity index (χ4v) is 5.06. The number of carbonyl (C=O) groups is 1. The van der Waals surface area contributed by atoms with Gasteiger partial charge in [0.25, 0.3) is 0 Å². The van der Waals surface area contributed by atoms with Gasteiger partial charge in [0.2, 0.25) is 5.88 Å². The molecule has 3 aromatic heterocycles. The Labute approximate surface area is 223 Å². The SMILES string of the molecule is CCC(C)(N)c1cnc(O[C@@H](C)CCS(C)(=O)=O)c2cnc(Nc3ccc4c(n3)[C@H](C)[C@H](C)OC4=O)cc12. The van der Waals surface area contributed by atoms with Crippen LogP contribution >= 0.6 is 0 Å². The van der Waals surface area contributed by atoms with Gasteiger partial charge in [0.15, 0.2) is 0 Å². The van der Waals surface area contributed by atoms with Crippen molar-refractivity contribution < 1.29 is 22.7 Å². The molecule has 0 radical (unpaired) electrons. The molecule has 0 saturated heterocycles. The molecule has 38 heavy (non-hydrogen) atoms. The van der Waals surface area contributed by atoms with Crippen LogP contribution in [0.5, 0.6) is 5.88 Å². The fraction of sp³-hybridized carbons (Fsp3) is 0.481. The Morgan fingerprint density at radius 3 is 2.61 bits per heavy atom. The lowest BCUT2D eigenvalue weighted by molar-refractivity contribution is 0.0235. The van der Waals surface area contributed by atoms with E-state index in [1.165, 1.54) is 6.26 Å². The highest BCUT2D eigenvalue weighted by atomic mass is 32.2. The minimum atomic E-state index is -3.10. The highest BCUT2D eigenvalue weighted by Gasteiger charge is 2.31. The Hall–Kier alpha value is -3.31. The van der Waals surface area contributed by atoms with E-state index in [1.54, 1.807) is 24.5 Å².